The average Bonchev–Trinajstić information content (AvgIpc) is 2.27. The van der Waals surface area contributed by atoms with Crippen molar-refractivity contribution in [3.63, 3.8) is 0 Å². The van der Waals surface area contributed by atoms with Crippen LogP contribution in [0.4, 0.5) is 0 Å². The summed E-state index contributed by atoms with van der Waals surface area (Å²) in [6.07, 6.45) is 1.27. The van der Waals surface area contributed by atoms with E-state index >= 15 is 0 Å². The van der Waals surface area contributed by atoms with Gasteiger partial charge in [-0.2, -0.15) is 0 Å². The Bertz CT molecular complexity index is 328. The summed E-state index contributed by atoms with van der Waals surface area (Å²) in [7, 11) is 0. The molecule has 0 heterocycles. The van der Waals surface area contributed by atoms with Gasteiger partial charge in [0.05, 0.1) is 18.3 Å². The van der Waals surface area contributed by atoms with Crippen molar-refractivity contribution in [1.82, 2.24) is 0 Å². The van der Waals surface area contributed by atoms with Crippen LogP contribution in [0.2, 0.25) is 0 Å². The highest BCUT2D eigenvalue weighted by Crippen LogP contribution is 2.09. The number of aliphatic hydroxyl groups excluding tert-OH is 1. The molecule has 16 heavy (non-hydrogen) atoms. The fourth-order valence-corrected chi connectivity index (χ4v) is 1.40. The summed E-state index contributed by atoms with van der Waals surface area (Å²) in [5.41, 5.74) is 1.69. The molecule has 0 fully saturated rings. The maximum atomic E-state index is 11.4. The first kappa shape index (κ1) is 12.7. The van der Waals surface area contributed by atoms with E-state index in [1.165, 1.54) is 0 Å². The van der Waals surface area contributed by atoms with Crippen molar-refractivity contribution in [3.05, 3.63) is 35.4 Å². The molecule has 3 heteroatoms. The molecule has 88 valence electrons. The zero-order valence-electron chi connectivity index (χ0n) is 9.77. The van der Waals surface area contributed by atoms with Crippen LogP contribution in [0.5, 0.6) is 0 Å². The van der Waals surface area contributed by atoms with Gasteiger partial charge in [0.2, 0.25) is 0 Å². The fourth-order valence-electron chi connectivity index (χ4n) is 1.40. The molecule has 0 aliphatic carbocycles. The Kier molecular flexibility index (Phi) is 4.99. The Morgan fingerprint density at radius 1 is 1.38 bits per heavy atom. The Balaban J connectivity index is 2.57. The second-order valence-corrected chi connectivity index (χ2v) is 3.81. The van der Waals surface area contributed by atoms with Crippen LogP contribution in [0.3, 0.4) is 0 Å². The van der Waals surface area contributed by atoms with Crippen molar-refractivity contribution in [2.45, 2.75) is 32.8 Å². The van der Waals surface area contributed by atoms with Gasteiger partial charge in [-0.3, -0.25) is 0 Å². The van der Waals surface area contributed by atoms with E-state index in [0.717, 1.165) is 18.4 Å². The van der Waals surface area contributed by atoms with Crippen LogP contribution in [0, 0.1) is 0 Å². The van der Waals surface area contributed by atoms with Crippen molar-refractivity contribution >= 4 is 5.97 Å². The SMILES string of the molecule is CCOC(=O)c1ccc(CCC(C)O)cc1. The second kappa shape index (κ2) is 6.28. The molecule has 3 nitrogen and oxygen atoms in total. The molecule has 0 aliphatic rings. The summed E-state index contributed by atoms with van der Waals surface area (Å²) in [5, 5.41) is 9.15. The number of benzene rings is 1. The molecule has 0 bridgehead atoms. The number of hydrogen-bond donors (Lipinski definition) is 1. The van der Waals surface area contributed by atoms with Gasteiger partial charge in [0.25, 0.3) is 0 Å². The van der Waals surface area contributed by atoms with Gasteiger partial charge < -0.3 is 9.84 Å². The lowest BCUT2D eigenvalue weighted by Gasteiger charge is -2.05. The van der Waals surface area contributed by atoms with Crippen molar-refractivity contribution < 1.29 is 14.6 Å². The van der Waals surface area contributed by atoms with Gasteiger partial charge in [-0.05, 0) is 44.4 Å². The molecular formula is C13H18O3. The van der Waals surface area contributed by atoms with Crippen LogP contribution in [0.25, 0.3) is 0 Å². The van der Waals surface area contributed by atoms with E-state index in [0.29, 0.717) is 12.2 Å². The number of aryl methyl sites for hydroxylation is 1. The number of hydrogen-bond acceptors (Lipinski definition) is 3. The summed E-state index contributed by atoms with van der Waals surface area (Å²) < 4.78 is 4.89. The van der Waals surface area contributed by atoms with Crippen LogP contribution in [-0.4, -0.2) is 23.8 Å². The zero-order valence-corrected chi connectivity index (χ0v) is 9.77. The molecule has 0 radical (unpaired) electrons. The molecule has 0 saturated heterocycles. The number of carbonyl (C=O) groups excluding carboxylic acids is 1. The zero-order chi connectivity index (χ0) is 12.0. The van der Waals surface area contributed by atoms with Crippen LogP contribution in [0.15, 0.2) is 24.3 Å². The summed E-state index contributed by atoms with van der Waals surface area (Å²) in [5.74, 6) is -0.287. The number of rotatable bonds is 5. The average molecular weight is 222 g/mol. The summed E-state index contributed by atoms with van der Waals surface area (Å²) in [6, 6.07) is 7.31. The smallest absolute Gasteiger partial charge is 0.338 e. The van der Waals surface area contributed by atoms with Crippen molar-refractivity contribution in [2.24, 2.45) is 0 Å². The highest BCUT2D eigenvalue weighted by Gasteiger charge is 2.05. The highest BCUT2D eigenvalue weighted by molar-refractivity contribution is 5.89. The van der Waals surface area contributed by atoms with E-state index in [1.807, 2.05) is 12.1 Å². The summed E-state index contributed by atoms with van der Waals surface area (Å²) in [6.45, 7) is 3.95. The molecule has 1 N–H and O–H groups in total. The lowest BCUT2D eigenvalue weighted by Crippen LogP contribution is -2.05. The maximum Gasteiger partial charge on any atom is 0.338 e. The third-order valence-corrected chi connectivity index (χ3v) is 2.32. The largest absolute Gasteiger partial charge is 0.462 e. The maximum absolute atomic E-state index is 11.4. The van der Waals surface area contributed by atoms with Crippen molar-refractivity contribution in [1.29, 1.82) is 0 Å². The molecule has 1 aromatic carbocycles. The van der Waals surface area contributed by atoms with Gasteiger partial charge in [-0.25, -0.2) is 4.79 Å². The summed E-state index contributed by atoms with van der Waals surface area (Å²) >= 11 is 0. The van der Waals surface area contributed by atoms with Crippen LogP contribution >= 0.6 is 0 Å². The molecule has 0 amide bonds. The van der Waals surface area contributed by atoms with Gasteiger partial charge in [0, 0.05) is 0 Å². The predicted octanol–water partition coefficient (Wildman–Crippen LogP) is 2.18. The molecular weight excluding hydrogens is 204 g/mol. The van der Waals surface area contributed by atoms with Crippen LogP contribution in [0.1, 0.15) is 36.2 Å². The molecule has 0 saturated carbocycles. The summed E-state index contributed by atoms with van der Waals surface area (Å²) in [4.78, 5) is 11.4. The minimum Gasteiger partial charge on any atom is -0.462 e. The van der Waals surface area contributed by atoms with Gasteiger partial charge in [0.1, 0.15) is 0 Å². The van der Waals surface area contributed by atoms with Gasteiger partial charge in [-0.15, -0.1) is 0 Å². The topological polar surface area (TPSA) is 46.5 Å². The van der Waals surface area contributed by atoms with E-state index in [4.69, 9.17) is 9.84 Å². The molecule has 1 unspecified atom stereocenters. The van der Waals surface area contributed by atoms with Crippen molar-refractivity contribution in [3.8, 4) is 0 Å². The lowest BCUT2D eigenvalue weighted by molar-refractivity contribution is 0.0526. The minimum absolute atomic E-state index is 0.287. The standard InChI is InChI=1S/C13H18O3/c1-3-16-13(15)12-8-6-11(7-9-12)5-4-10(2)14/h6-10,14H,3-5H2,1-2H3. The molecule has 0 spiro atoms. The third kappa shape index (κ3) is 4.03. The number of ether oxygens (including phenoxy) is 1. The first-order valence-corrected chi connectivity index (χ1v) is 5.57. The Morgan fingerprint density at radius 3 is 2.50 bits per heavy atom. The van der Waals surface area contributed by atoms with Crippen molar-refractivity contribution in [2.75, 3.05) is 6.61 Å². The Morgan fingerprint density at radius 2 is 2.00 bits per heavy atom. The molecule has 1 atom stereocenters. The molecule has 1 rings (SSSR count). The van der Waals surface area contributed by atoms with E-state index in [1.54, 1.807) is 26.0 Å². The quantitative estimate of drug-likeness (QED) is 0.777. The lowest BCUT2D eigenvalue weighted by atomic mass is 10.1. The van der Waals surface area contributed by atoms with E-state index < -0.39 is 0 Å². The number of carbonyl (C=O) groups is 1. The van der Waals surface area contributed by atoms with Crippen LogP contribution < -0.4 is 0 Å². The van der Waals surface area contributed by atoms with E-state index in [9.17, 15) is 4.79 Å². The Labute approximate surface area is 96.1 Å². The van der Waals surface area contributed by atoms with E-state index in [2.05, 4.69) is 0 Å². The van der Waals surface area contributed by atoms with E-state index in [-0.39, 0.29) is 12.1 Å². The number of aliphatic hydroxyl groups is 1. The molecule has 1 aromatic rings. The van der Waals surface area contributed by atoms with Gasteiger partial charge >= 0.3 is 5.97 Å². The van der Waals surface area contributed by atoms with Gasteiger partial charge in [-0.1, -0.05) is 12.1 Å². The van der Waals surface area contributed by atoms with Crippen LogP contribution in [-0.2, 0) is 11.2 Å². The molecule has 0 aromatic heterocycles. The first-order valence-electron chi connectivity index (χ1n) is 5.57. The monoisotopic (exact) mass is 222 g/mol. The van der Waals surface area contributed by atoms with Gasteiger partial charge in [0.15, 0.2) is 0 Å². The highest BCUT2D eigenvalue weighted by atomic mass is 16.5. The second-order valence-electron chi connectivity index (χ2n) is 3.81. The minimum atomic E-state index is -0.287. The molecule has 0 aliphatic heterocycles. The first-order chi connectivity index (χ1) is 7.63. The number of esters is 1. The predicted molar refractivity (Wildman–Crippen MR) is 62.4 cm³/mol. The third-order valence-electron chi connectivity index (χ3n) is 2.32. The Hall–Kier alpha value is -1.35. The fraction of sp³-hybridized carbons (Fsp3) is 0.462. The normalized spacial score (nSPS) is 12.2.